The summed E-state index contributed by atoms with van der Waals surface area (Å²) < 4.78 is 0. The predicted octanol–water partition coefficient (Wildman–Crippen LogP) is 5.03. The summed E-state index contributed by atoms with van der Waals surface area (Å²) in [5, 5.41) is 12.7. The largest absolute Gasteiger partial charge is 0.325 e. The summed E-state index contributed by atoms with van der Waals surface area (Å²) >= 11 is 1.37. The molecule has 1 N–H and O–H groups in total. The van der Waals surface area contributed by atoms with E-state index in [0.717, 1.165) is 35.3 Å². The zero-order valence-corrected chi connectivity index (χ0v) is 16.6. The molecule has 1 aromatic heterocycles. The minimum absolute atomic E-state index is 0.0576. The number of hydrogen-bond donors (Lipinski definition) is 1. The van der Waals surface area contributed by atoms with Gasteiger partial charge in [-0.25, -0.2) is 4.98 Å². The number of anilines is 1. The molecule has 0 saturated carbocycles. The van der Waals surface area contributed by atoms with Crippen molar-refractivity contribution in [3.05, 3.63) is 52.7 Å². The fourth-order valence-corrected chi connectivity index (χ4v) is 3.60. The van der Waals surface area contributed by atoms with Crippen LogP contribution in [-0.2, 0) is 11.2 Å². The van der Waals surface area contributed by atoms with E-state index in [9.17, 15) is 10.1 Å². The average Bonchev–Trinajstić information content (AvgIpc) is 2.63. The Morgan fingerprint density at radius 2 is 2.04 bits per heavy atom. The summed E-state index contributed by atoms with van der Waals surface area (Å²) in [7, 11) is 0. The Balaban J connectivity index is 2.20. The molecule has 0 radical (unpaired) electrons. The molecule has 0 spiro atoms. The number of carbonyl (C=O) groups is 1. The first-order valence-electron chi connectivity index (χ1n) is 8.93. The lowest BCUT2D eigenvalue weighted by Crippen LogP contribution is -2.25. The number of thioether (sulfide) groups is 1. The molecule has 4 nitrogen and oxygen atoms in total. The van der Waals surface area contributed by atoms with Crippen molar-refractivity contribution in [1.29, 1.82) is 5.26 Å². The van der Waals surface area contributed by atoms with E-state index in [1.54, 1.807) is 6.07 Å². The minimum Gasteiger partial charge on any atom is -0.325 e. The lowest BCUT2D eigenvalue weighted by atomic mass is 10.1. The number of benzene rings is 1. The average molecular weight is 368 g/mol. The van der Waals surface area contributed by atoms with Crippen LogP contribution in [0, 0.1) is 25.2 Å². The summed E-state index contributed by atoms with van der Waals surface area (Å²) in [4.78, 5) is 17.4. The van der Waals surface area contributed by atoms with Crippen LogP contribution >= 0.6 is 11.8 Å². The number of nitrogens with one attached hydrogen (secondary N) is 1. The van der Waals surface area contributed by atoms with Gasteiger partial charge in [0.2, 0.25) is 5.91 Å². The van der Waals surface area contributed by atoms with E-state index in [2.05, 4.69) is 23.3 Å². The smallest absolute Gasteiger partial charge is 0.237 e. The van der Waals surface area contributed by atoms with Gasteiger partial charge in [-0.3, -0.25) is 4.79 Å². The van der Waals surface area contributed by atoms with E-state index in [4.69, 9.17) is 0 Å². The number of pyridine rings is 1. The minimum atomic E-state index is -0.300. The van der Waals surface area contributed by atoms with Crippen LogP contribution < -0.4 is 5.32 Å². The lowest BCUT2D eigenvalue weighted by Gasteiger charge is -2.17. The first-order valence-corrected chi connectivity index (χ1v) is 9.81. The molecular formula is C21H25N3OS. The third kappa shape index (κ3) is 5.09. The van der Waals surface area contributed by atoms with Gasteiger partial charge in [-0.2, -0.15) is 5.26 Å². The zero-order chi connectivity index (χ0) is 19.1. The number of rotatable bonds is 7. The highest BCUT2D eigenvalue weighted by Gasteiger charge is 2.21. The van der Waals surface area contributed by atoms with Gasteiger partial charge < -0.3 is 5.32 Å². The number of hydrogen-bond acceptors (Lipinski definition) is 4. The van der Waals surface area contributed by atoms with Gasteiger partial charge in [-0.05, 0) is 56.0 Å². The van der Waals surface area contributed by atoms with E-state index in [-0.39, 0.29) is 11.2 Å². The number of nitriles is 1. The third-order valence-electron chi connectivity index (χ3n) is 4.11. The van der Waals surface area contributed by atoms with Gasteiger partial charge in [0.25, 0.3) is 0 Å². The van der Waals surface area contributed by atoms with Gasteiger partial charge in [0.15, 0.2) is 0 Å². The molecule has 0 aliphatic heterocycles. The quantitative estimate of drug-likeness (QED) is 0.697. The Labute approximate surface area is 160 Å². The second kappa shape index (κ2) is 9.40. The van der Waals surface area contributed by atoms with E-state index >= 15 is 0 Å². The summed E-state index contributed by atoms with van der Waals surface area (Å²) in [5.74, 6) is -0.0576. The topological polar surface area (TPSA) is 65.8 Å². The van der Waals surface area contributed by atoms with Crippen LogP contribution in [0.1, 0.15) is 49.1 Å². The van der Waals surface area contributed by atoms with Crippen molar-refractivity contribution in [3.63, 3.8) is 0 Å². The van der Waals surface area contributed by atoms with E-state index in [0.29, 0.717) is 17.0 Å². The number of carbonyl (C=O) groups excluding carboxylic acids is 1. The normalized spacial score (nSPS) is 11.7. The van der Waals surface area contributed by atoms with Crippen LogP contribution in [-0.4, -0.2) is 16.1 Å². The van der Waals surface area contributed by atoms with Crippen LogP contribution in [0.15, 0.2) is 35.4 Å². The van der Waals surface area contributed by atoms with Gasteiger partial charge in [0, 0.05) is 11.4 Å². The molecule has 2 aromatic rings. The highest BCUT2D eigenvalue weighted by Crippen LogP contribution is 2.29. The molecule has 0 aliphatic rings. The van der Waals surface area contributed by atoms with Crippen LogP contribution in [0.5, 0.6) is 0 Å². The van der Waals surface area contributed by atoms with Crippen molar-refractivity contribution in [2.75, 3.05) is 5.32 Å². The molecule has 0 saturated heterocycles. The van der Waals surface area contributed by atoms with Crippen molar-refractivity contribution < 1.29 is 4.79 Å². The van der Waals surface area contributed by atoms with Crippen molar-refractivity contribution in [3.8, 4) is 6.07 Å². The zero-order valence-electron chi connectivity index (χ0n) is 15.8. The van der Waals surface area contributed by atoms with Gasteiger partial charge in [-0.15, -0.1) is 0 Å². The second-order valence-electron chi connectivity index (χ2n) is 6.34. The van der Waals surface area contributed by atoms with Crippen molar-refractivity contribution >= 4 is 23.4 Å². The van der Waals surface area contributed by atoms with E-state index in [1.165, 1.54) is 11.8 Å². The molecule has 26 heavy (non-hydrogen) atoms. The van der Waals surface area contributed by atoms with E-state index < -0.39 is 0 Å². The standard InChI is InChI=1S/C21H25N3OS/c1-5-7-17-11-10-16(13-22)21(23-17)26-19(6-2)20(25)24-18-12-14(3)8-9-15(18)4/h8-12,19H,5-7H2,1-4H3,(H,24,25). The predicted molar refractivity (Wildman–Crippen MR) is 107 cm³/mol. The third-order valence-corrected chi connectivity index (χ3v) is 5.48. The Bertz CT molecular complexity index is 826. The van der Waals surface area contributed by atoms with Gasteiger partial charge >= 0.3 is 0 Å². The summed E-state index contributed by atoms with van der Waals surface area (Å²) in [5.41, 5.74) is 4.45. The van der Waals surface area contributed by atoms with Crippen molar-refractivity contribution in [2.24, 2.45) is 0 Å². The maximum Gasteiger partial charge on any atom is 0.237 e. The van der Waals surface area contributed by atoms with Gasteiger partial charge in [0.05, 0.1) is 10.8 Å². The Morgan fingerprint density at radius 3 is 2.69 bits per heavy atom. The molecule has 2 rings (SSSR count). The number of nitrogens with zero attached hydrogens (tertiary/aromatic N) is 2. The number of aryl methyl sites for hydroxylation is 3. The maximum absolute atomic E-state index is 12.8. The molecule has 0 aliphatic carbocycles. The van der Waals surface area contributed by atoms with Crippen LogP contribution in [0.4, 0.5) is 5.69 Å². The Morgan fingerprint density at radius 1 is 1.27 bits per heavy atom. The molecule has 1 amide bonds. The molecule has 1 heterocycles. The highest BCUT2D eigenvalue weighted by atomic mass is 32.2. The molecule has 0 fully saturated rings. The van der Waals surface area contributed by atoms with Crippen molar-refractivity contribution in [1.82, 2.24) is 4.98 Å². The molecule has 1 aromatic carbocycles. The van der Waals surface area contributed by atoms with Crippen LogP contribution in [0.3, 0.4) is 0 Å². The molecule has 0 bridgehead atoms. The summed E-state index contributed by atoms with van der Waals surface area (Å²) in [6, 6.07) is 11.9. The van der Waals surface area contributed by atoms with Gasteiger partial charge in [0.1, 0.15) is 11.1 Å². The fraction of sp³-hybridized carbons (Fsp3) is 0.381. The number of aromatic nitrogens is 1. The Kier molecular flexibility index (Phi) is 7.23. The van der Waals surface area contributed by atoms with Crippen LogP contribution in [0.25, 0.3) is 0 Å². The summed E-state index contributed by atoms with van der Waals surface area (Å²) in [6.07, 6.45) is 2.52. The van der Waals surface area contributed by atoms with Crippen LogP contribution in [0.2, 0.25) is 0 Å². The molecule has 5 heteroatoms. The first kappa shape index (κ1) is 20.0. The molecule has 1 unspecified atom stereocenters. The maximum atomic E-state index is 12.8. The second-order valence-corrected chi connectivity index (χ2v) is 7.53. The lowest BCUT2D eigenvalue weighted by molar-refractivity contribution is -0.115. The van der Waals surface area contributed by atoms with E-state index in [1.807, 2.05) is 45.0 Å². The fourth-order valence-electron chi connectivity index (χ4n) is 2.59. The highest BCUT2D eigenvalue weighted by molar-refractivity contribution is 8.00. The Hall–Kier alpha value is -2.32. The first-order chi connectivity index (χ1) is 12.5. The molecule has 1 atom stereocenters. The number of amides is 1. The van der Waals surface area contributed by atoms with Gasteiger partial charge in [-0.1, -0.05) is 44.2 Å². The summed E-state index contributed by atoms with van der Waals surface area (Å²) in [6.45, 7) is 8.05. The molecule has 136 valence electrons. The monoisotopic (exact) mass is 367 g/mol. The molecular weight excluding hydrogens is 342 g/mol. The SMILES string of the molecule is CCCc1ccc(C#N)c(SC(CC)C(=O)Nc2cc(C)ccc2C)n1. The van der Waals surface area contributed by atoms with Crippen molar-refractivity contribution in [2.45, 2.75) is 57.2 Å².